The number of aliphatic hydroxyl groups is 1. The normalized spacial score (nSPS) is 12.4. The van der Waals surface area contributed by atoms with E-state index >= 15 is 0 Å². The van der Waals surface area contributed by atoms with E-state index in [2.05, 4.69) is 17.1 Å². The number of hydrogen-bond donors (Lipinski definition) is 1. The Kier molecular flexibility index (Phi) is 6.01. The Morgan fingerprint density at radius 3 is 2.20 bits per heavy atom. The molecule has 1 unspecified atom stereocenters. The summed E-state index contributed by atoms with van der Waals surface area (Å²) in [5.74, 6) is 0.654. The molecule has 1 N–H and O–H groups in total. The molecule has 0 aliphatic rings. The van der Waals surface area contributed by atoms with E-state index in [4.69, 9.17) is 4.74 Å². The summed E-state index contributed by atoms with van der Waals surface area (Å²) in [5, 5.41) is 18.9. The van der Waals surface area contributed by atoms with Crippen molar-refractivity contribution in [2.45, 2.75) is 51.7 Å². The third kappa shape index (κ3) is 4.79. The molecule has 1 atom stereocenters. The van der Waals surface area contributed by atoms with Crippen LogP contribution in [0.4, 0.5) is 0 Å². The van der Waals surface area contributed by atoms with Gasteiger partial charge in [0.1, 0.15) is 16.8 Å². The fraction of sp³-hybridized carbons (Fsp3) is 0.400. The molecule has 0 aliphatic carbocycles. The van der Waals surface area contributed by atoms with Gasteiger partial charge in [-0.15, -0.1) is 10.2 Å². The van der Waals surface area contributed by atoms with Gasteiger partial charge < -0.3 is 9.84 Å². The van der Waals surface area contributed by atoms with E-state index < -0.39 is 6.29 Å². The molecule has 1 aromatic heterocycles. The quantitative estimate of drug-likeness (QED) is 0.461. The average Bonchev–Trinajstić information content (AvgIpc) is 3.06. The standard InChI is InChI=1S/C20H25N3O2/c1-2-3-4-5-6-11-20(24)25-17-14-12-16(13-15-17)23-21-18-9-7-8-10-19(18)22-23/h7-10,12-15,20,24H,2-6,11H2,1H3. The van der Waals surface area contributed by atoms with E-state index in [9.17, 15) is 5.11 Å². The minimum Gasteiger partial charge on any atom is -0.465 e. The van der Waals surface area contributed by atoms with Crippen molar-refractivity contribution in [1.29, 1.82) is 0 Å². The van der Waals surface area contributed by atoms with Crippen molar-refractivity contribution in [3.8, 4) is 11.4 Å². The van der Waals surface area contributed by atoms with Gasteiger partial charge in [-0.1, -0.05) is 44.7 Å². The van der Waals surface area contributed by atoms with Crippen LogP contribution >= 0.6 is 0 Å². The molecule has 2 aromatic carbocycles. The molecule has 5 nitrogen and oxygen atoms in total. The highest BCUT2D eigenvalue weighted by atomic mass is 16.6. The van der Waals surface area contributed by atoms with E-state index in [1.807, 2.05) is 48.5 Å². The molecule has 3 rings (SSSR count). The van der Waals surface area contributed by atoms with Crippen LogP contribution < -0.4 is 4.74 Å². The lowest BCUT2D eigenvalue weighted by Gasteiger charge is -2.13. The zero-order valence-electron chi connectivity index (χ0n) is 14.6. The summed E-state index contributed by atoms with van der Waals surface area (Å²) in [6, 6.07) is 15.2. The Balaban J connectivity index is 1.55. The third-order valence-electron chi connectivity index (χ3n) is 4.18. The van der Waals surface area contributed by atoms with E-state index in [0.717, 1.165) is 29.6 Å². The summed E-state index contributed by atoms with van der Waals surface area (Å²) >= 11 is 0. The maximum Gasteiger partial charge on any atom is 0.197 e. The predicted octanol–water partition coefficient (Wildman–Crippen LogP) is 4.48. The number of ether oxygens (including phenoxy) is 1. The van der Waals surface area contributed by atoms with Crippen molar-refractivity contribution in [2.75, 3.05) is 0 Å². The van der Waals surface area contributed by atoms with Gasteiger partial charge in [0.25, 0.3) is 0 Å². The van der Waals surface area contributed by atoms with Crippen LogP contribution in [-0.2, 0) is 0 Å². The SMILES string of the molecule is CCCCCCCC(O)Oc1ccc(-n2nc3ccccc3n2)cc1. The number of rotatable bonds is 9. The summed E-state index contributed by atoms with van der Waals surface area (Å²) in [6.45, 7) is 2.20. The zero-order chi connectivity index (χ0) is 17.5. The smallest absolute Gasteiger partial charge is 0.197 e. The Morgan fingerprint density at radius 1 is 0.920 bits per heavy atom. The molecule has 0 amide bonds. The zero-order valence-corrected chi connectivity index (χ0v) is 14.6. The topological polar surface area (TPSA) is 60.2 Å². The van der Waals surface area contributed by atoms with Gasteiger partial charge in [-0.25, -0.2) is 0 Å². The monoisotopic (exact) mass is 339 g/mol. The van der Waals surface area contributed by atoms with E-state index in [1.54, 1.807) is 4.80 Å². The molecule has 0 spiro atoms. The van der Waals surface area contributed by atoms with Gasteiger partial charge in [0.05, 0.1) is 5.69 Å². The van der Waals surface area contributed by atoms with E-state index in [1.165, 1.54) is 19.3 Å². The molecule has 0 saturated heterocycles. The van der Waals surface area contributed by atoms with Gasteiger partial charge in [-0.2, -0.15) is 4.80 Å². The van der Waals surface area contributed by atoms with Gasteiger partial charge in [0.15, 0.2) is 6.29 Å². The summed E-state index contributed by atoms with van der Waals surface area (Å²) in [4.78, 5) is 1.61. The first-order valence-corrected chi connectivity index (χ1v) is 9.03. The van der Waals surface area contributed by atoms with Crippen LogP contribution in [0.5, 0.6) is 5.75 Å². The minimum absolute atomic E-state index is 0.654. The van der Waals surface area contributed by atoms with Crippen LogP contribution in [0.3, 0.4) is 0 Å². The number of aliphatic hydroxyl groups excluding tert-OH is 1. The van der Waals surface area contributed by atoms with Gasteiger partial charge >= 0.3 is 0 Å². The average molecular weight is 339 g/mol. The van der Waals surface area contributed by atoms with Gasteiger partial charge in [0, 0.05) is 6.42 Å². The Labute approximate surface area is 148 Å². The Hall–Kier alpha value is -2.40. The molecule has 0 saturated carbocycles. The van der Waals surface area contributed by atoms with Crippen LogP contribution in [0.25, 0.3) is 16.7 Å². The van der Waals surface area contributed by atoms with Crippen LogP contribution in [-0.4, -0.2) is 26.4 Å². The van der Waals surface area contributed by atoms with Crippen molar-refractivity contribution in [3.63, 3.8) is 0 Å². The third-order valence-corrected chi connectivity index (χ3v) is 4.18. The number of hydrogen-bond acceptors (Lipinski definition) is 4. The molecule has 0 fully saturated rings. The maximum atomic E-state index is 9.99. The highest BCUT2D eigenvalue weighted by Gasteiger charge is 2.07. The van der Waals surface area contributed by atoms with E-state index in [-0.39, 0.29) is 0 Å². The summed E-state index contributed by atoms with van der Waals surface area (Å²) < 4.78 is 5.58. The maximum absolute atomic E-state index is 9.99. The lowest BCUT2D eigenvalue weighted by molar-refractivity contribution is -0.0246. The number of unbranched alkanes of at least 4 members (excludes halogenated alkanes) is 4. The van der Waals surface area contributed by atoms with Gasteiger partial charge in [0.2, 0.25) is 0 Å². The highest BCUT2D eigenvalue weighted by Crippen LogP contribution is 2.18. The van der Waals surface area contributed by atoms with Crippen molar-refractivity contribution in [2.24, 2.45) is 0 Å². The number of nitrogens with zero attached hydrogens (tertiary/aromatic N) is 3. The summed E-state index contributed by atoms with van der Waals surface area (Å²) in [5.41, 5.74) is 2.58. The summed E-state index contributed by atoms with van der Waals surface area (Å²) in [7, 11) is 0. The molecule has 1 heterocycles. The van der Waals surface area contributed by atoms with Crippen molar-refractivity contribution in [3.05, 3.63) is 48.5 Å². The molecule has 5 heteroatoms. The largest absolute Gasteiger partial charge is 0.465 e. The molecular weight excluding hydrogens is 314 g/mol. The lowest BCUT2D eigenvalue weighted by atomic mass is 10.1. The van der Waals surface area contributed by atoms with Crippen LogP contribution in [0.2, 0.25) is 0 Å². The fourth-order valence-corrected chi connectivity index (χ4v) is 2.77. The van der Waals surface area contributed by atoms with Crippen molar-refractivity contribution >= 4 is 11.0 Å². The highest BCUT2D eigenvalue weighted by molar-refractivity contribution is 5.73. The first kappa shape index (κ1) is 17.4. The lowest BCUT2D eigenvalue weighted by Crippen LogP contribution is -2.15. The Bertz CT molecular complexity index is 750. The number of benzene rings is 2. The van der Waals surface area contributed by atoms with Gasteiger partial charge in [-0.05, 0) is 42.8 Å². The van der Waals surface area contributed by atoms with E-state index in [0.29, 0.717) is 12.2 Å². The first-order valence-electron chi connectivity index (χ1n) is 9.03. The molecule has 3 aromatic rings. The molecule has 0 aliphatic heterocycles. The molecule has 132 valence electrons. The molecular formula is C20H25N3O2. The molecule has 0 radical (unpaired) electrons. The second kappa shape index (κ2) is 8.62. The Morgan fingerprint density at radius 2 is 1.56 bits per heavy atom. The number of aromatic nitrogens is 3. The van der Waals surface area contributed by atoms with Crippen molar-refractivity contribution < 1.29 is 9.84 Å². The van der Waals surface area contributed by atoms with Crippen LogP contribution in [0.15, 0.2) is 48.5 Å². The van der Waals surface area contributed by atoms with Crippen LogP contribution in [0.1, 0.15) is 45.4 Å². The molecule has 0 bridgehead atoms. The second-order valence-corrected chi connectivity index (χ2v) is 6.25. The fourth-order valence-electron chi connectivity index (χ4n) is 2.77. The first-order chi connectivity index (χ1) is 12.3. The predicted molar refractivity (Wildman–Crippen MR) is 98.9 cm³/mol. The van der Waals surface area contributed by atoms with Gasteiger partial charge in [-0.3, -0.25) is 0 Å². The minimum atomic E-state index is -0.752. The second-order valence-electron chi connectivity index (χ2n) is 6.25. The summed E-state index contributed by atoms with van der Waals surface area (Å²) in [6.07, 6.45) is 5.76. The number of fused-ring (bicyclic) bond motifs is 1. The van der Waals surface area contributed by atoms with Crippen LogP contribution in [0, 0.1) is 0 Å². The van der Waals surface area contributed by atoms with Crippen molar-refractivity contribution in [1.82, 2.24) is 15.0 Å². The molecule has 25 heavy (non-hydrogen) atoms.